The van der Waals surface area contributed by atoms with E-state index in [9.17, 15) is 5.11 Å². The highest BCUT2D eigenvalue weighted by Gasteiger charge is 2.25. The van der Waals surface area contributed by atoms with E-state index in [1.165, 1.54) is 0 Å². The molecule has 3 rings (SSSR count). The summed E-state index contributed by atoms with van der Waals surface area (Å²) in [5.41, 5.74) is 1.86. The molecule has 1 saturated carbocycles. The quantitative estimate of drug-likeness (QED) is 0.896. The van der Waals surface area contributed by atoms with E-state index in [1.807, 2.05) is 19.1 Å². The molecule has 0 aliphatic heterocycles. The van der Waals surface area contributed by atoms with Gasteiger partial charge < -0.3 is 9.63 Å². The highest BCUT2D eigenvalue weighted by molar-refractivity contribution is 5.49. The minimum atomic E-state index is -0.169. The van der Waals surface area contributed by atoms with Crippen molar-refractivity contribution in [1.29, 1.82) is 0 Å². The first-order chi connectivity index (χ1) is 9.22. The van der Waals surface area contributed by atoms with Crippen molar-refractivity contribution < 1.29 is 9.63 Å². The van der Waals surface area contributed by atoms with Crippen molar-refractivity contribution in [2.24, 2.45) is 0 Å². The lowest BCUT2D eigenvalue weighted by molar-refractivity contribution is 0.116. The second-order valence-corrected chi connectivity index (χ2v) is 5.18. The Hall–Kier alpha value is -1.75. The molecule has 0 spiro atoms. The van der Waals surface area contributed by atoms with E-state index in [4.69, 9.17) is 4.52 Å². The number of aromatic nitrogens is 3. The van der Waals surface area contributed by atoms with Crippen LogP contribution in [-0.4, -0.2) is 26.3 Å². The predicted molar refractivity (Wildman–Crippen MR) is 69.5 cm³/mol. The fourth-order valence-corrected chi connectivity index (χ4v) is 2.49. The van der Waals surface area contributed by atoms with Gasteiger partial charge in [-0.2, -0.15) is 4.98 Å². The molecule has 0 amide bonds. The third-order valence-corrected chi connectivity index (χ3v) is 3.63. The fourth-order valence-electron chi connectivity index (χ4n) is 2.49. The molecule has 1 fully saturated rings. The van der Waals surface area contributed by atoms with Gasteiger partial charge in [-0.25, -0.2) is 0 Å². The number of aliphatic hydroxyl groups is 1. The van der Waals surface area contributed by atoms with Gasteiger partial charge in [0.1, 0.15) is 5.69 Å². The Morgan fingerprint density at radius 3 is 2.79 bits per heavy atom. The van der Waals surface area contributed by atoms with E-state index in [-0.39, 0.29) is 12.0 Å². The van der Waals surface area contributed by atoms with Crippen molar-refractivity contribution in [3.05, 3.63) is 29.8 Å². The molecule has 0 bridgehead atoms. The summed E-state index contributed by atoms with van der Waals surface area (Å²) in [5, 5.41) is 13.5. The molecule has 19 heavy (non-hydrogen) atoms. The van der Waals surface area contributed by atoms with Crippen molar-refractivity contribution >= 4 is 0 Å². The minimum Gasteiger partial charge on any atom is -0.393 e. The number of hydrogen-bond donors (Lipinski definition) is 1. The SMILES string of the molecule is Cc1ccnc(-c2noc(C3CCC(O)CC3)n2)c1. The number of pyridine rings is 1. The molecule has 2 aromatic rings. The van der Waals surface area contributed by atoms with Crippen LogP contribution in [-0.2, 0) is 0 Å². The first-order valence-corrected chi connectivity index (χ1v) is 6.67. The van der Waals surface area contributed by atoms with Crippen molar-refractivity contribution in [1.82, 2.24) is 15.1 Å². The number of aryl methyl sites for hydroxylation is 1. The van der Waals surface area contributed by atoms with Crippen molar-refractivity contribution in [2.45, 2.75) is 44.6 Å². The zero-order chi connectivity index (χ0) is 13.2. The van der Waals surface area contributed by atoms with Crippen molar-refractivity contribution in [3.8, 4) is 11.5 Å². The minimum absolute atomic E-state index is 0.169. The molecule has 0 unspecified atom stereocenters. The molecule has 0 radical (unpaired) electrons. The van der Waals surface area contributed by atoms with Gasteiger partial charge in [-0.3, -0.25) is 4.98 Å². The second-order valence-electron chi connectivity index (χ2n) is 5.18. The molecule has 100 valence electrons. The smallest absolute Gasteiger partial charge is 0.230 e. The predicted octanol–water partition coefficient (Wildman–Crippen LogP) is 2.46. The number of rotatable bonds is 2. The topological polar surface area (TPSA) is 72.0 Å². The van der Waals surface area contributed by atoms with E-state index in [0.717, 1.165) is 36.9 Å². The maximum Gasteiger partial charge on any atom is 0.230 e. The van der Waals surface area contributed by atoms with E-state index < -0.39 is 0 Å². The number of nitrogens with zero attached hydrogens (tertiary/aromatic N) is 3. The van der Waals surface area contributed by atoms with Gasteiger partial charge in [0, 0.05) is 12.1 Å². The Bertz CT molecular complexity index is 559. The molecule has 5 heteroatoms. The van der Waals surface area contributed by atoms with Gasteiger partial charge in [0.2, 0.25) is 11.7 Å². The van der Waals surface area contributed by atoms with Gasteiger partial charge >= 0.3 is 0 Å². The molecule has 2 aromatic heterocycles. The lowest BCUT2D eigenvalue weighted by Gasteiger charge is -2.22. The number of hydrogen-bond acceptors (Lipinski definition) is 5. The van der Waals surface area contributed by atoms with Crippen LogP contribution in [0.25, 0.3) is 11.5 Å². The monoisotopic (exact) mass is 259 g/mol. The van der Waals surface area contributed by atoms with Crippen LogP contribution in [0.4, 0.5) is 0 Å². The molecule has 0 aromatic carbocycles. The van der Waals surface area contributed by atoms with Crippen LogP contribution in [0, 0.1) is 6.92 Å². The molecule has 0 atom stereocenters. The van der Waals surface area contributed by atoms with Gasteiger partial charge in [-0.15, -0.1) is 0 Å². The van der Waals surface area contributed by atoms with E-state index in [2.05, 4.69) is 15.1 Å². The Labute approximate surface area is 111 Å². The van der Waals surface area contributed by atoms with Crippen LogP contribution in [0.15, 0.2) is 22.9 Å². The van der Waals surface area contributed by atoms with Crippen LogP contribution in [0.2, 0.25) is 0 Å². The summed E-state index contributed by atoms with van der Waals surface area (Å²) in [7, 11) is 0. The molecule has 1 aliphatic rings. The van der Waals surface area contributed by atoms with Gasteiger partial charge in [-0.1, -0.05) is 5.16 Å². The van der Waals surface area contributed by atoms with Gasteiger partial charge in [0.25, 0.3) is 0 Å². The first-order valence-electron chi connectivity index (χ1n) is 6.67. The highest BCUT2D eigenvalue weighted by Crippen LogP contribution is 2.32. The maximum atomic E-state index is 9.51. The van der Waals surface area contributed by atoms with Crippen LogP contribution in [0.3, 0.4) is 0 Å². The third-order valence-electron chi connectivity index (χ3n) is 3.63. The van der Waals surface area contributed by atoms with Crippen LogP contribution < -0.4 is 0 Å². The van der Waals surface area contributed by atoms with E-state index in [0.29, 0.717) is 11.7 Å². The van der Waals surface area contributed by atoms with Crippen LogP contribution >= 0.6 is 0 Å². The van der Waals surface area contributed by atoms with Gasteiger partial charge in [-0.05, 0) is 50.3 Å². The average molecular weight is 259 g/mol. The molecular weight excluding hydrogens is 242 g/mol. The van der Waals surface area contributed by atoms with Crippen molar-refractivity contribution in [2.75, 3.05) is 0 Å². The van der Waals surface area contributed by atoms with Crippen LogP contribution in [0.5, 0.6) is 0 Å². The maximum absolute atomic E-state index is 9.51. The van der Waals surface area contributed by atoms with E-state index >= 15 is 0 Å². The Morgan fingerprint density at radius 1 is 1.26 bits per heavy atom. The van der Waals surface area contributed by atoms with Crippen molar-refractivity contribution in [3.63, 3.8) is 0 Å². The molecule has 1 aliphatic carbocycles. The average Bonchev–Trinajstić information content (AvgIpc) is 2.89. The Balaban J connectivity index is 1.80. The molecular formula is C14H17N3O2. The molecule has 0 saturated heterocycles. The highest BCUT2D eigenvalue weighted by atomic mass is 16.5. The van der Waals surface area contributed by atoms with E-state index in [1.54, 1.807) is 6.20 Å². The Morgan fingerprint density at radius 2 is 2.05 bits per heavy atom. The standard InChI is InChI=1S/C14H17N3O2/c1-9-6-7-15-12(8-9)13-16-14(19-17-13)10-2-4-11(18)5-3-10/h6-8,10-11,18H,2-5H2,1H3. The Kier molecular flexibility index (Phi) is 3.29. The molecule has 5 nitrogen and oxygen atoms in total. The first kappa shape index (κ1) is 12.3. The summed E-state index contributed by atoms with van der Waals surface area (Å²) in [4.78, 5) is 8.70. The zero-order valence-corrected chi connectivity index (χ0v) is 10.9. The summed E-state index contributed by atoms with van der Waals surface area (Å²) < 4.78 is 5.35. The lowest BCUT2D eigenvalue weighted by Crippen LogP contribution is -2.17. The normalized spacial score (nSPS) is 23.5. The molecule has 1 N–H and O–H groups in total. The summed E-state index contributed by atoms with van der Waals surface area (Å²) in [6, 6.07) is 3.88. The summed E-state index contributed by atoms with van der Waals surface area (Å²) in [6.45, 7) is 2.01. The summed E-state index contributed by atoms with van der Waals surface area (Å²) >= 11 is 0. The largest absolute Gasteiger partial charge is 0.393 e. The third kappa shape index (κ3) is 2.66. The summed E-state index contributed by atoms with van der Waals surface area (Å²) in [6.07, 6.45) is 5.01. The van der Waals surface area contributed by atoms with Gasteiger partial charge in [0.15, 0.2) is 0 Å². The summed E-state index contributed by atoms with van der Waals surface area (Å²) in [5.74, 6) is 1.49. The lowest BCUT2D eigenvalue weighted by atomic mass is 9.87. The fraction of sp³-hybridized carbons (Fsp3) is 0.500. The zero-order valence-electron chi connectivity index (χ0n) is 10.9. The molecule has 2 heterocycles. The second kappa shape index (κ2) is 5.09. The number of aliphatic hydroxyl groups excluding tert-OH is 1. The van der Waals surface area contributed by atoms with Gasteiger partial charge in [0.05, 0.1) is 6.10 Å². The van der Waals surface area contributed by atoms with Crippen LogP contribution in [0.1, 0.15) is 43.1 Å².